The molecule has 4 N–H and O–H groups in total. The van der Waals surface area contributed by atoms with Gasteiger partial charge in [0, 0.05) is 6.54 Å². The summed E-state index contributed by atoms with van der Waals surface area (Å²) in [6.07, 6.45) is 2.78. The minimum absolute atomic E-state index is 0.0415. The average molecular weight is 249 g/mol. The number of oxime groups is 1. The van der Waals surface area contributed by atoms with Crippen LogP contribution < -0.4 is 15.8 Å². The first-order valence-corrected chi connectivity index (χ1v) is 5.69. The van der Waals surface area contributed by atoms with Gasteiger partial charge in [-0.25, -0.2) is 0 Å². The third-order valence-corrected chi connectivity index (χ3v) is 2.50. The smallest absolute Gasteiger partial charge is 0.173 e. The first-order chi connectivity index (χ1) is 8.72. The molecule has 98 valence electrons. The third-order valence-electron chi connectivity index (χ3n) is 2.50. The van der Waals surface area contributed by atoms with Crippen molar-refractivity contribution < 1.29 is 9.94 Å². The summed E-state index contributed by atoms with van der Waals surface area (Å²) >= 11 is 0. The Hall–Kier alpha value is -2.01. The van der Waals surface area contributed by atoms with Crippen molar-refractivity contribution in [2.45, 2.75) is 13.0 Å². The number of benzene rings is 1. The Balaban J connectivity index is 2.79. The van der Waals surface area contributed by atoms with E-state index in [4.69, 9.17) is 15.7 Å². The summed E-state index contributed by atoms with van der Waals surface area (Å²) in [4.78, 5) is 0. The molecule has 0 heterocycles. The first-order valence-electron chi connectivity index (χ1n) is 5.69. The SMILES string of the molecule is C=CCCNCc1ccc(OC)c(/C(N)=N/O)c1. The molecule has 0 aliphatic rings. The van der Waals surface area contributed by atoms with Gasteiger partial charge in [0.1, 0.15) is 5.75 Å². The van der Waals surface area contributed by atoms with E-state index in [1.807, 2.05) is 18.2 Å². The van der Waals surface area contributed by atoms with E-state index in [-0.39, 0.29) is 5.84 Å². The number of ether oxygens (including phenoxy) is 1. The van der Waals surface area contributed by atoms with Crippen LogP contribution in [0.15, 0.2) is 36.0 Å². The van der Waals surface area contributed by atoms with Crippen LogP contribution in [-0.2, 0) is 6.54 Å². The molecule has 0 amide bonds. The standard InChI is InChI=1S/C13H19N3O2/c1-3-4-7-15-9-10-5-6-12(18-2)11(8-10)13(14)16-17/h3,5-6,8,15,17H,1,4,7,9H2,2H3,(H2,14,16). The zero-order valence-corrected chi connectivity index (χ0v) is 10.5. The van der Waals surface area contributed by atoms with Gasteiger partial charge in [0.2, 0.25) is 0 Å². The van der Waals surface area contributed by atoms with Gasteiger partial charge in [-0.1, -0.05) is 17.3 Å². The Morgan fingerprint density at radius 2 is 2.39 bits per heavy atom. The number of nitrogens with one attached hydrogen (secondary N) is 1. The molecule has 0 aliphatic heterocycles. The zero-order valence-electron chi connectivity index (χ0n) is 10.5. The number of amidine groups is 1. The summed E-state index contributed by atoms with van der Waals surface area (Å²) in [5, 5.41) is 15.0. The fraction of sp³-hybridized carbons (Fsp3) is 0.308. The van der Waals surface area contributed by atoms with Crippen molar-refractivity contribution in [3.8, 4) is 5.75 Å². The molecule has 0 saturated heterocycles. The highest BCUT2D eigenvalue weighted by Gasteiger charge is 2.08. The van der Waals surface area contributed by atoms with E-state index in [9.17, 15) is 0 Å². The first kappa shape index (κ1) is 14.1. The second-order valence-corrected chi connectivity index (χ2v) is 3.77. The van der Waals surface area contributed by atoms with Gasteiger partial charge in [-0.15, -0.1) is 6.58 Å². The van der Waals surface area contributed by atoms with Crippen molar-refractivity contribution in [2.24, 2.45) is 10.9 Å². The number of nitrogens with two attached hydrogens (primary N) is 1. The van der Waals surface area contributed by atoms with Crippen LogP contribution in [0, 0.1) is 0 Å². The van der Waals surface area contributed by atoms with Gasteiger partial charge in [-0.3, -0.25) is 0 Å². The third kappa shape index (κ3) is 3.78. The summed E-state index contributed by atoms with van der Waals surface area (Å²) < 4.78 is 5.16. The Morgan fingerprint density at radius 1 is 1.61 bits per heavy atom. The van der Waals surface area contributed by atoms with E-state index in [0.29, 0.717) is 17.9 Å². The second-order valence-electron chi connectivity index (χ2n) is 3.77. The van der Waals surface area contributed by atoms with Crippen molar-refractivity contribution in [2.75, 3.05) is 13.7 Å². The lowest BCUT2D eigenvalue weighted by atomic mass is 10.1. The molecule has 0 saturated carbocycles. The second kappa shape index (κ2) is 7.34. The monoisotopic (exact) mass is 249 g/mol. The molecule has 0 aromatic heterocycles. The van der Waals surface area contributed by atoms with Gasteiger partial charge >= 0.3 is 0 Å². The van der Waals surface area contributed by atoms with E-state index in [0.717, 1.165) is 18.5 Å². The van der Waals surface area contributed by atoms with E-state index in [1.54, 1.807) is 13.2 Å². The molecule has 0 spiro atoms. The van der Waals surface area contributed by atoms with E-state index >= 15 is 0 Å². The minimum atomic E-state index is 0.0415. The molecule has 5 heteroatoms. The summed E-state index contributed by atoms with van der Waals surface area (Å²) in [6.45, 7) is 5.24. The van der Waals surface area contributed by atoms with Crippen LogP contribution >= 0.6 is 0 Å². The van der Waals surface area contributed by atoms with Crippen LogP contribution in [0.1, 0.15) is 17.5 Å². The molecule has 0 bridgehead atoms. The van der Waals surface area contributed by atoms with Crippen LogP contribution in [0.25, 0.3) is 0 Å². The van der Waals surface area contributed by atoms with Crippen LogP contribution in [0.5, 0.6) is 5.75 Å². The molecule has 5 nitrogen and oxygen atoms in total. The summed E-state index contributed by atoms with van der Waals surface area (Å²) in [5.41, 5.74) is 7.23. The Kier molecular flexibility index (Phi) is 5.73. The average Bonchev–Trinajstić information content (AvgIpc) is 2.42. The van der Waals surface area contributed by atoms with Crippen molar-refractivity contribution in [3.05, 3.63) is 42.0 Å². The minimum Gasteiger partial charge on any atom is -0.496 e. The van der Waals surface area contributed by atoms with Crippen LogP contribution in [-0.4, -0.2) is 24.7 Å². The number of nitrogens with zero attached hydrogens (tertiary/aromatic N) is 1. The fourth-order valence-corrected chi connectivity index (χ4v) is 1.56. The van der Waals surface area contributed by atoms with Crippen LogP contribution in [0.4, 0.5) is 0 Å². The van der Waals surface area contributed by atoms with Gasteiger partial charge in [-0.05, 0) is 30.7 Å². The van der Waals surface area contributed by atoms with Crippen molar-refractivity contribution in [1.29, 1.82) is 0 Å². The molecule has 1 aromatic carbocycles. The molecule has 1 aromatic rings. The summed E-state index contributed by atoms with van der Waals surface area (Å²) in [5.74, 6) is 0.625. The number of rotatable bonds is 7. The quantitative estimate of drug-likeness (QED) is 0.171. The highest BCUT2D eigenvalue weighted by molar-refractivity contribution is 5.99. The van der Waals surface area contributed by atoms with E-state index in [2.05, 4.69) is 17.1 Å². The largest absolute Gasteiger partial charge is 0.496 e. The van der Waals surface area contributed by atoms with Crippen molar-refractivity contribution in [3.63, 3.8) is 0 Å². The zero-order chi connectivity index (χ0) is 13.4. The highest BCUT2D eigenvalue weighted by Crippen LogP contribution is 2.19. The van der Waals surface area contributed by atoms with Gasteiger partial charge in [0.25, 0.3) is 0 Å². The fourth-order valence-electron chi connectivity index (χ4n) is 1.56. The maximum Gasteiger partial charge on any atom is 0.173 e. The summed E-state index contributed by atoms with van der Waals surface area (Å²) in [6, 6.07) is 5.58. The Bertz CT molecular complexity index is 430. The topological polar surface area (TPSA) is 79.9 Å². The molecule has 0 unspecified atom stereocenters. The Labute approximate surface area is 107 Å². The number of methoxy groups -OCH3 is 1. The maximum absolute atomic E-state index is 8.73. The molecular weight excluding hydrogens is 230 g/mol. The lowest BCUT2D eigenvalue weighted by molar-refractivity contribution is 0.318. The van der Waals surface area contributed by atoms with Crippen molar-refractivity contribution >= 4 is 5.84 Å². The van der Waals surface area contributed by atoms with Crippen LogP contribution in [0.3, 0.4) is 0 Å². The highest BCUT2D eigenvalue weighted by atomic mass is 16.5. The number of hydrogen-bond acceptors (Lipinski definition) is 4. The van der Waals surface area contributed by atoms with Gasteiger partial charge < -0.3 is 21.0 Å². The van der Waals surface area contributed by atoms with Gasteiger partial charge in [-0.2, -0.15) is 0 Å². The van der Waals surface area contributed by atoms with E-state index in [1.165, 1.54) is 0 Å². The molecule has 0 radical (unpaired) electrons. The normalized spacial score (nSPS) is 11.3. The predicted molar refractivity (Wildman–Crippen MR) is 72.0 cm³/mol. The van der Waals surface area contributed by atoms with Crippen molar-refractivity contribution in [1.82, 2.24) is 5.32 Å². The Morgan fingerprint density at radius 3 is 3.00 bits per heavy atom. The molecule has 0 atom stereocenters. The predicted octanol–water partition coefficient (Wildman–Crippen LogP) is 1.46. The molecule has 18 heavy (non-hydrogen) atoms. The maximum atomic E-state index is 8.73. The molecule has 0 fully saturated rings. The lowest BCUT2D eigenvalue weighted by Gasteiger charge is -2.10. The molecule has 0 aliphatic carbocycles. The molecular formula is C13H19N3O2. The number of hydrogen-bond donors (Lipinski definition) is 3. The van der Waals surface area contributed by atoms with Gasteiger partial charge in [0.05, 0.1) is 12.7 Å². The lowest BCUT2D eigenvalue weighted by Crippen LogP contribution is -2.17. The summed E-state index contributed by atoms with van der Waals surface area (Å²) in [7, 11) is 1.55. The van der Waals surface area contributed by atoms with E-state index < -0.39 is 0 Å². The van der Waals surface area contributed by atoms with Crippen LogP contribution in [0.2, 0.25) is 0 Å². The van der Waals surface area contributed by atoms with Gasteiger partial charge in [0.15, 0.2) is 5.84 Å². The molecule has 1 rings (SSSR count).